The lowest BCUT2D eigenvalue weighted by molar-refractivity contribution is 0.0183. The van der Waals surface area contributed by atoms with Gasteiger partial charge in [0.1, 0.15) is 28.4 Å². The Morgan fingerprint density at radius 2 is 2.10 bits per heavy atom. The molecular weight excluding hydrogens is 388 g/mol. The van der Waals surface area contributed by atoms with E-state index in [-0.39, 0.29) is 12.2 Å². The molecule has 2 aromatic heterocycles. The van der Waals surface area contributed by atoms with Crippen molar-refractivity contribution in [1.82, 2.24) is 14.9 Å². The lowest BCUT2D eigenvalue weighted by atomic mass is 9.96. The molecule has 0 radical (unpaired) electrons. The fourth-order valence-electron chi connectivity index (χ4n) is 3.52. The van der Waals surface area contributed by atoms with Crippen molar-refractivity contribution in [2.24, 2.45) is 0 Å². The average Bonchev–Trinajstić information content (AvgIpc) is 3.12. The van der Waals surface area contributed by atoms with Crippen molar-refractivity contribution in [3.8, 4) is 16.5 Å². The van der Waals surface area contributed by atoms with Crippen LogP contribution in [0.4, 0.5) is 10.6 Å². The zero-order chi connectivity index (χ0) is 20.4. The SMILES string of the molecule is COC(=O)N1CC(Oc2cc(NC3CC=C(C)CC3)nc(-c3nc(C)cs3)c2)C1. The molecule has 7 nitrogen and oxygen atoms in total. The largest absolute Gasteiger partial charge is 0.486 e. The average molecular weight is 415 g/mol. The van der Waals surface area contributed by atoms with Gasteiger partial charge in [0.15, 0.2) is 0 Å². The summed E-state index contributed by atoms with van der Waals surface area (Å²) >= 11 is 1.58. The molecule has 3 heterocycles. The first-order valence-corrected chi connectivity index (χ1v) is 10.7. The Morgan fingerprint density at radius 3 is 2.76 bits per heavy atom. The normalized spacial score (nSPS) is 19.3. The van der Waals surface area contributed by atoms with Crippen LogP contribution in [0.5, 0.6) is 5.75 Å². The van der Waals surface area contributed by atoms with Gasteiger partial charge in [0.05, 0.1) is 20.2 Å². The minimum Gasteiger partial charge on any atom is -0.486 e. The first-order chi connectivity index (χ1) is 14.0. The van der Waals surface area contributed by atoms with Crippen LogP contribution in [-0.2, 0) is 4.74 Å². The number of pyridine rings is 1. The Hall–Kier alpha value is -2.61. The van der Waals surface area contributed by atoms with Crippen molar-refractivity contribution >= 4 is 23.2 Å². The molecule has 0 spiro atoms. The van der Waals surface area contributed by atoms with Crippen LogP contribution in [0.3, 0.4) is 0 Å². The first kappa shape index (κ1) is 19.7. The van der Waals surface area contributed by atoms with Crippen LogP contribution < -0.4 is 10.1 Å². The van der Waals surface area contributed by atoms with Crippen molar-refractivity contribution < 1.29 is 14.3 Å². The maximum Gasteiger partial charge on any atom is 0.409 e. The van der Waals surface area contributed by atoms with Crippen molar-refractivity contribution in [3.05, 3.63) is 34.9 Å². The molecule has 1 aliphatic carbocycles. The molecule has 1 saturated heterocycles. The fourth-order valence-corrected chi connectivity index (χ4v) is 4.27. The molecule has 1 atom stereocenters. The highest BCUT2D eigenvalue weighted by Gasteiger charge is 2.33. The van der Waals surface area contributed by atoms with E-state index in [9.17, 15) is 4.79 Å². The van der Waals surface area contributed by atoms with E-state index in [0.717, 1.165) is 47.2 Å². The minimum absolute atomic E-state index is 0.0458. The van der Waals surface area contributed by atoms with E-state index in [1.54, 1.807) is 16.2 Å². The second-order valence-corrected chi connectivity index (χ2v) is 8.51. The topological polar surface area (TPSA) is 76.6 Å². The third-order valence-corrected chi connectivity index (χ3v) is 6.19. The molecule has 1 aliphatic heterocycles. The number of likely N-dealkylation sites (tertiary alicyclic amines) is 1. The number of nitrogens with one attached hydrogen (secondary N) is 1. The van der Waals surface area contributed by atoms with Crippen molar-refractivity contribution in [2.75, 3.05) is 25.5 Å². The van der Waals surface area contributed by atoms with Gasteiger partial charge in [-0.1, -0.05) is 11.6 Å². The Morgan fingerprint density at radius 1 is 1.28 bits per heavy atom. The number of nitrogens with zero attached hydrogens (tertiary/aromatic N) is 3. The van der Waals surface area contributed by atoms with Gasteiger partial charge in [-0.15, -0.1) is 11.3 Å². The number of carbonyl (C=O) groups excluding carboxylic acids is 1. The van der Waals surface area contributed by atoms with Crippen LogP contribution in [0.15, 0.2) is 29.2 Å². The zero-order valence-corrected chi connectivity index (χ0v) is 17.8. The number of anilines is 1. The van der Waals surface area contributed by atoms with Crippen LogP contribution in [0.2, 0.25) is 0 Å². The molecule has 29 heavy (non-hydrogen) atoms. The molecule has 2 aliphatic rings. The van der Waals surface area contributed by atoms with Crippen LogP contribution in [0.25, 0.3) is 10.7 Å². The van der Waals surface area contributed by atoms with Gasteiger partial charge in [-0.05, 0) is 33.1 Å². The number of hydrogen-bond acceptors (Lipinski definition) is 7. The number of rotatable bonds is 5. The number of allylic oxidation sites excluding steroid dienone is 1. The predicted molar refractivity (Wildman–Crippen MR) is 113 cm³/mol. The number of hydrogen-bond donors (Lipinski definition) is 1. The van der Waals surface area contributed by atoms with E-state index < -0.39 is 0 Å². The molecule has 4 rings (SSSR count). The highest BCUT2D eigenvalue weighted by atomic mass is 32.1. The maximum absolute atomic E-state index is 11.5. The molecule has 8 heteroatoms. The molecule has 1 fully saturated rings. The summed E-state index contributed by atoms with van der Waals surface area (Å²) in [7, 11) is 1.39. The number of aromatic nitrogens is 2. The van der Waals surface area contributed by atoms with E-state index in [2.05, 4.69) is 23.3 Å². The predicted octanol–water partition coefficient (Wildman–Crippen LogP) is 4.25. The molecule has 0 saturated carbocycles. The van der Waals surface area contributed by atoms with Gasteiger partial charge in [-0.2, -0.15) is 0 Å². The molecule has 1 amide bonds. The van der Waals surface area contributed by atoms with E-state index in [1.807, 2.05) is 24.4 Å². The fraction of sp³-hybridized carbons (Fsp3) is 0.476. The summed E-state index contributed by atoms with van der Waals surface area (Å²) in [5.41, 5.74) is 3.23. The molecule has 0 bridgehead atoms. The Labute approximate surface area is 174 Å². The van der Waals surface area contributed by atoms with Gasteiger partial charge >= 0.3 is 6.09 Å². The summed E-state index contributed by atoms with van der Waals surface area (Å²) in [5, 5.41) is 6.46. The zero-order valence-electron chi connectivity index (χ0n) is 17.0. The third kappa shape index (κ3) is 4.70. The third-order valence-electron chi connectivity index (χ3n) is 5.21. The minimum atomic E-state index is -0.318. The maximum atomic E-state index is 11.5. The quantitative estimate of drug-likeness (QED) is 0.737. The van der Waals surface area contributed by atoms with Crippen LogP contribution in [0.1, 0.15) is 31.9 Å². The van der Waals surface area contributed by atoms with Crippen molar-refractivity contribution in [1.29, 1.82) is 0 Å². The Bertz CT molecular complexity index is 920. The van der Waals surface area contributed by atoms with Crippen LogP contribution in [0, 0.1) is 6.92 Å². The summed E-state index contributed by atoms with van der Waals surface area (Å²) in [5.74, 6) is 1.54. The summed E-state index contributed by atoms with van der Waals surface area (Å²) < 4.78 is 10.9. The second kappa shape index (κ2) is 8.41. The summed E-state index contributed by atoms with van der Waals surface area (Å²) in [6, 6.07) is 4.23. The van der Waals surface area contributed by atoms with Gasteiger partial charge in [-0.3, -0.25) is 0 Å². The van der Waals surface area contributed by atoms with E-state index in [4.69, 9.17) is 14.5 Å². The molecule has 2 aromatic rings. The van der Waals surface area contributed by atoms with Crippen molar-refractivity contribution in [2.45, 2.75) is 45.3 Å². The molecule has 154 valence electrons. The molecule has 1 unspecified atom stereocenters. The highest BCUT2D eigenvalue weighted by Crippen LogP contribution is 2.30. The lowest BCUT2D eigenvalue weighted by Crippen LogP contribution is -2.56. The summed E-state index contributed by atoms with van der Waals surface area (Å²) in [6.07, 6.45) is 5.13. The van der Waals surface area contributed by atoms with Gasteiger partial charge in [-0.25, -0.2) is 14.8 Å². The van der Waals surface area contributed by atoms with Gasteiger partial charge in [0.25, 0.3) is 0 Å². The van der Waals surface area contributed by atoms with Crippen LogP contribution >= 0.6 is 11.3 Å². The summed E-state index contributed by atoms with van der Waals surface area (Å²) in [6.45, 7) is 5.21. The number of amides is 1. The number of aryl methyl sites for hydroxylation is 1. The number of carbonyl (C=O) groups is 1. The van der Waals surface area contributed by atoms with Crippen molar-refractivity contribution in [3.63, 3.8) is 0 Å². The molecule has 1 N–H and O–H groups in total. The second-order valence-electron chi connectivity index (χ2n) is 7.65. The van der Waals surface area contributed by atoms with E-state index in [0.29, 0.717) is 19.1 Å². The number of thiazole rings is 1. The smallest absolute Gasteiger partial charge is 0.409 e. The number of methoxy groups -OCH3 is 1. The van der Waals surface area contributed by atoms with Gasteiger partial charge in [0, 0.05) is 29.2 Å². The lowest BCUT2D eigenvalue weighted by Gasteiger charge is -2.37. The van der Waals surface area contributed by atoms with E-state index >= 15 is 0 Å². The van der Waals surface area contributed by atoms with E-state index in [1.165, 1.54) is 12.7 Å². The molecular formula is C21H26N4O3S. The summed E-state index contributed by atoms with van der Waals surface area (Å²) in [4.78, 5) is 22.5. The van der Waals surface area contributed by atoms with Gasteiger partial charge in [0.2, 0.25) is 0 Å². The standard InChI is InChI=1S/C21H26N4O3S/c1-13-4-6-15(7-5-13)23-19-9-16(28-17-10-25(11-17)21(26)27-3)8-18(24-19)20-22-14(2)12-29-20/h4,8-9,12,15,17H,5-7,10-11H2,1-3H3,(H,23,24). The monoisotopic (exact) mass is 414 g/mol. The Balaban J connectivity index is 1.51. The van der Waals surface area contributed by atoms with Gasteiger partial charge < -0.3 is 19.7 Å². The molecule has 0 aromatic carbocycles. The number of ether oxygens (including phenoxy) is 2. The first-order valence-electron chi connectivity index (χ1n) is 9.86. The Kier molecular flexibility index (Phi) is 5.71. The highest BCUT2D eigenvalue weighted by molar-refractivity contribution is 7.13. The van der Waals surface area contributed by atoms with Crippen LogP contribution in [-0.4, -0.2) is 53.3 Å².